The first-order valence-corrected chi connectivity index (χ1v) is 2.74. The van der Waals surface area contributed by atoms with E-state index in [-0.39, 0.29) is 0 Å². The van der Waals surface area contributed by atoms with Gasteiger partial charge in [0.2, 0.25) is 6.41 Å². The first-order chi connectivity index (χ1) is 3.93. The molecule has 1 heterocycles. The van der Waals surface area contributed by atoms with E-state index in [9.17, 15) is 4.79 Å². The van der Waals surface area contributed by atoms with Crippen molar-refractivity contribution >= 4 is 23.8 Å². The van der Waals surface area contributed by atoms with Gasteiger partial charge >= 0.3 is 0 Å². The van der Waals surface area contributed by atoms with Crippen molar-refractivity contribution in [3.8, 4) is 0 Å². The Morgan fingerprint density at radius 3 is 3.25 bits per heavy atom. The van der Waals surface area contributed by atoms with Crippen LogP contribution in [0.5, 0.6) is 0 Å². The fourth-order valence-corrected chi connectivity index (χ4v) is 0.685. The Labute approximate surface area is 49.7 Å². The van der Waals surface area contributed by atoms with Crippen LogP contribution in [-0.2, 0) is 4.79 Å². The summed E-state index contributed by atoms with van der Waals surface area (Å²) >= 11 is 1.20. The van der Waals surface area contributed by atoms with Crippen molar-refractivity contribution in [1.82, 2.24) is 9.59 Å². The highest BCUT2D eigenvalue weighted by Gasteiger charge is 1.87. The Kier molecular flexibility index (Phi) is 1.53. The van der Waals surface area contributed by atoms with E-state index in [1.54, 1.807) is 5.38 Å². The molecule has 1 aromatic rings. The highest BCUT2D eigenvalue weighted by Crippen LogP contribution is 1.99. The summed E-state index contributed by atoms with van der Waals surface area (Å²) in [4.78, 5) is 9.70. The van der Waals surface area contributed by atoms with Gasteiger partial charge in [0.1, 0.15) is 0 Å². The van der Waals surface area contributed by atoms with Crippen molar-refractivity contribution < 1.29 is 4.79 Å². The topological polar surface area (TPSA) is 54.9 Å². The molecule has 0 unspecified atom stereocenters. The van der Waals surface area contributed by atoms with Crippen LogP contribution in [0.2, 0.25) is 0 Å². The van der Waals surface area contributed by atoms with E-state index in [0.717, 1.165) is 0 Å². The minimum atomic E-state index is 0.505. The van der Waals surface area contributed by atoms with Crippen LogP contribution < -0.4 is 5.32 Å². The van der Waals surface area contributed by atoms with Crippen molar-refractivity contribution in [2.75, 3.05) is 5.32 Å². The Morgan fingerprint density at radius 1 is 1.88 bits per heavy atom. The molecule has 0 radical (unpaired) electrons. The third-order valence-corrected chi connectivity index (χ3v) is 1.07. The number of anilines is 1. The molecule has 5 heteroatoms. The lowest BCUT2D eigenvalue weighted by Crippen LogP contribution is -1.92. The van der Waals surface area contributed by atoms with E-state index in [2.05, 4.69) is 14.9 Å². The maximum Gasteiger partial charge on any atom is 0.212 e. The van der Waals surface area contributed by atoms with E-state index in [1.165, 1.54) is 11.5 Å². The van der Waals surface area contributed by atoms with Gasteiger partial charge in [-0.25, -0.2) is 0 Å². The van der Waals surface area contributed by atoms with Gasteiger partial charge in [-0.15, -0.1) is 5.10 Å². The number of hydrogen-bond donors (Lipinski definition) is 1. The number of carbonyl (C=O) groups is 1. The summed E-state index contributed by atoms with van der Waals surface area (Å²) in [6.45, 7) is 0. The predicted molar refractivity (Wildman–Crippen MR) is 29.6 cm³/mol. The van der Waals surface area contributed by atoms with Gasteiger partial charge in [0.05, 0.1) is 5.38 Å². The van der Waals surface area contributed by atoms with Crippen LogP contribution in [0.15, 0.2) is 5.38 Å². The van der Waals surface area contributed by atoms with Crippen LogP contribution in [0.25, 0.3) is 0 Å². The third-order valence-electron chi connectivity index (χ3n) is 0.567. The molecular formula is C3H3N3OS. The van der Waals surface area contributed by atoms with Gasteiger partial charge in [0.15, 0.2) is 5.82 Å². The molecule has 0 aliphatic rings. The molecule has 0 saturated heterocycles. The fraction of sp³-hybridized carbons (Fsp3) is 0. The smallest absolute Gasteiger partial charge is 0.212 e. The summed E-state index contributed by atoms with van der Waals surface area (Å²) in [6.07, 6.45) is 0.566. The number of amides is 1. The lowest BCUT2D eigenvalue weighted by molar-refractivity contribution is -0.105. The van der Waals surface area contributed by atoms with E-state index in [4.69, 9.17) is 0 Å². The molecule has 0 fully saturated rings. The molecule has 1 rings (SSSR count). The highest BCUT2D eigenvalue weighted by molar-refractivity contribution is 7.03. The van der Waals surface area contributed by atoms with Gasteiger partial charge in [-0.1, -0.05) is 4.49 Å². The fourth-order valence-electron chi connectivity index (χ4n) is 0.288. The molecule has 1 aromatic heterocycles. The van der Waals surface area contributed by atoms with Crippen molar-refractivity contribution in [3.05, 3.63) is 5.38 Å². The second-order valence-electron chi connectivity index (χ2n) is 1.05. The largest absolute Gasteiger partial charge is 0.311 e. The first-order valence-electron chi connectivity index (χ1n) is 1.90. The standard InChI is InChI=1S/C3H3N3OS/c7-2-4-3-1-8-6-5-3/h1-2H,(H,4,7). The zero-order chi connectivity index (χ0) is 5.82. The Hall–Kier alpha value is -0.970. The highest BCUT2D eigenvalue weighted by atomic mass is 32.1. The monoisotopic (exact) mass is 129 g/mol. The van der Waals surface area contributed by atoms with E-state index < -0.39 is 0 Å². The second-order valence-corrected chi connectivity index (χ2v) is 1.66. The molecule has 8 heavy (non-hydrogen) atoms. The normalized spacial score (nSPS) is 8.50. The third kappa shape index (κ3) is 1.00. The van der Waals surface area contributed by atoms with Crippen molar-refractivity contribution in [2.24, 2.45) is 0 Å². The van der Waals surface area contributed by atoms with Gasteiger partial charge in [0.25, 0.3) is 0 Å². The number of nitrogens with one attached hydrogen (secondary N) is 1. The molecule has 42 valence electrons. The molecule has 0 bridgehead atoms. The zero-order valence-electron chi connectivity index (χ0n) is 3.87. The van der Waals surface area contributed by atoms with Crippen molar-refractivity contribution in [1.29, 1.82) is 0 Å². The maximum absolute atomic E-state index is 9.70. The quantitative estimate of drug-likeness (QED) is 0.576. The van der Waals surface area contributed by atoms with Gasteiger partial charge in [0, 0.05) is 0 Å². The molecule has 4 nitrogen and oxygen atoms in total. The Morgan fingerprint density at radius 2 is 2.75 bits per heavy atom. The van der Waals surface area contributed by atoms with Crippen LogP contribution in [0.1, 0.15) is 0 Å². The molecule has 0 aliphatic heterocycles. The lowest BCUT2D eigenvalue weighted by atomic mass is 10.8. The van der Waals surface area contributed by atoms with Crippen LogP contribution in [0.3, 0.4) is 0 Å². The Balaban J connectivity index is 2.62. The molecule has 0 aliphatic carbocycles. The predicted octanol–water partition coefficient (Wildman–Crippen LogP) is 0.106. The summed E-state index contributed by atoms with van der Waals surface area (Å²) in [7, 11) is 0. The molecular weight excluding hydrogens is 126 g/mol. The average molecular weight is 129 g/mol. The van der Waals surface area contributed by atoms with Crippen molar-refractivity contribution in [2.45, 2.75) is 0 Å². The van der Waals surface area contributed by atoms with E-state index in [0.29, 0.717) is 12.2 Å². The summed E-state index contributed by atoms with van der Waals surface area (Å²) in [5.41, 5.74) is 0. The number of carbonyl (C=O) groups excluding carboxylic acids is 1. The molecule has 0 atom stereocenters. The molecule has 1 N–H and O–H groups in total. The van der Waals surface area contributed by atoms with Crippen LogP contribution >= 0.6 is 11.5 Å². The van der Waals surface area contributed by atoms with Gasteiger partial charge in [-0.2, -0.15) is 0 Å². The first kappa shape index (κ1) is 5.17. The molecule has 0 saturated carbocycles. The average Bonchev–Trinajstić information content (AvgIpc) is 2.19. The SMILES string of the molecule is O=CNc1csnn1. The second kappa shape index (κ2) is 2.37. The molecule has 0 aromatic carbocycles. The maximum atomic E-state index is 9.70. The van der Waals surface area contributed by atoms with Gasteiger partial charge in [-0.05, 0) is 11.5 Å². The van der Waals surface area contributed by atoms with E-state index in [1.807, 2.05) is 0 Å². The summed E-state index contributed by atoms with van der Waals surface area (Å²) < 4.78 is 3.51. The summed E-state index contributed by atoms with van der Waals surface area (Å²) in [6, 6.07) is 0. The molecule has 0 spiro atoms. The molecule has 1 amide bonds. The lowest BCUT2D eigenvalue weighted by Gasteiger charge is -1.81. The summed E-state index contributed by atoms with van der Waals surface area (Å²) in [5, 5.41) is 7.52. The number of rotatable bonds is 2. The Bertz CT molecular complexity index is 161. The van der Waals surface area contributed by atoms with Crippen LogP contribution in [0, 0.1) is 0 Å². The number of aromatic nitrogens is 2. The number of hydrogen-bond acceptors (Lipinski definition) is 4. The van der Waals surface area contributed by atoms with Crippen LogP contribution in [-0.4, -0.2) is 16.0 Å². The van der Waals surface area contributed by atoms with Gasteiger partial charge < -0.3 is 5.32 Å². The minimum absolute atomic E-state index is 0.505. The van der Waals surface area contributed by atoms with E-state index >= 15 is 0 Å². The van der Waals surface area contributed by atoms with Crippen molar-refractivity contribution in [3.63, 3.8) is 0 Å². The number of nitrogens with zero attached hydrogens (tertiary/aromatic N) is 2. The zero-order valence-corrected chi connectivity index (χ0v) is 4.68. The summed E-state index contributed by atoms with van der Waals surface area (Å²) in [5.74, 6) is 0.505. The minimum Gasteiger partial charge on any atom is -0.311 e. The van der Waals surface area contributed by atoms with Gasteiger partial charge in [-0.3, -0.25) is 4.79 Å². The van der Waals surface area contributed by atoms with Crippen LogP contribution in [0.4, 0.5) is 5.82 Å².